The van der Waals surface area contributed by atoms with E-state index in [1.54, 1.807) is 6.20 Å². The predicted molar refractivity (Wildman–Crippen MR) is 242 cm³/mol. The van der Waals surface area contributed by atoms with Crippen LogP contribution in [-0.2, 0) is 5.41 Å². The zero-order valence-electron chi connectivity index (χ0n) is 32.2. The zero-order valence-corrected chi connectivity index (χ0v) is 32.2. The summed E-state index contributed by atoms with van der Waals surface area (Å²) in [6, 6.07) is 63.1. The van der Waals surface area contributed by atoms with Crippen molar-refractivity contribution < 1.29 is 0 Å². The molecule has 0 N–H and O–H groups in total. The van der Waals surface area contributed by atoms with Gasteiger partial charge in [0, 0.05) is 29.6 Å². The number of hydrogen-bond acceptors (Lipinski definition) is 2. The molecular formula is C55H37N3. The fraction of sp³-hybridized carbons (Fsp3) is 0.0545. The van der Waals surface area contributed by atoms with Crippen molar-refractivity contribution in [2.45, 2.75) is 19.3 Å². The summed E-state index contributed by atoms with van der Waals surface area (Å²) in [6.07, 6.45) is 5.80. The number of fused-ring (bicyclic) bond motifs is 8. The van der Waals surface area contributed by atoms with Crippen molar-refractivity contribution in [2.75, 3.05) is 0 Å². The van der Waals surface area contributed by atoms with Gasteiger partial charge in [0.1, 0.15) is 0 Å². The summed E-state index contributed by atoms with van der Waals surface area (Å²) >= 11 is 0. The highest BCUT2D eigenvalue weighted by Gasteiger charge is 2.37. The van der Waals surface area contributed by atoms with Crippen molar-refractivity contribution in [3.8, 4) is 55.8 Å². The molecule has 12 rings (SSSR count). The summed E-state index contributed by atoms with van der Waals surface area (Å²) in [5, 5.41) is 10.1. The van der Waals surface area contributed by atoms with E-state index < -0.39 is 0 Å². The maximum Gasteiger partial charge on any atom is 0.234 e. The third-order valence-corrected chi connectivity index (χ3v) is 12.6. The second kappa shape index (κ2) is 12.3. The van der Waals surface area contributed by atoms with Gasteiger partial charge in [-0.25, -0.2) is 9.97 Å². The maximum absolute atomic E-state index is 4.74. The molecule has 0 saturated heterocycles. The standard InChI is InChI=1S/C55H37N3/c1-55(2)49-30-40(36-16-20-37(21-17-36)51-33-58-27-9-26-56-54(58)57-51)24-25-43(49)46-31-47-48(32-50(46)55)53(42-23-19-35-11-4-6-13-39(35)29-42)45-15-8-7-14-44(45)52(47)41-22-18-34-10-3-5-12-38(34)28-41/h3-33H,1-2H3. The highest BCUT2D eigenvalue weighted by atomic mass is 15.1. The van der Waals surface area contributed by atoms with Crippen LogP contribution in [0, 0.1) is 0 Å². The Morgan fingerprint density at radius 2 is 0.983 bits per heavy atom. The van der Waals surface area contributed by atoms with E-state index in [0.29, 0.717) is 5.78 Å². The molecule has 9 aromatic carbocycles. The molecule has 0 spiro atoms. The molecule has 0 amide bonds. The summed E-state index contributed by atoms with van der Waals surface area (Å²) in [7, 11) is 0. The van der Waals surface area contributed by atoms with Gasteiger partial charge >= 0.3 is 0 Å². The minimum atomic E-state index is -0.215. The van der Waals surface area contributed by atoms with Gasteiger partial charge in [0.05, 0.1) is 5.69 Å². The lowest BCUT2D eigenvalue weighted by Gasteiger charge is -2.24. The zero-order chi connectivity index (χ0) is 38.5. The van der Waals surface area contributed by atoms with Gasteiger partial charge < -0.3 is 0 Å². The van der Waals surface area contributed by atoms with Crippen molar-refractivity contribution in [3.05, 3.63) is 200 Å². The molecule has 11 aromatic rings. The summed E-state index contributed by atoms with van der Waals surface area (Å²) in [6.45, 7) is 4.80. The number of rotatable bonds is 4. The minimum Gasteiger partial charge on any atom is -0.291 e. The van der Waals surface area contributed by atoms with Crippen LogP contribution in [0.2, 0.25) is 0 Å². The third-order valence-electron chi connectivity index (χ3n) is 12.6. The fourth-order valence-electron chi connectivity index (χ4n) is 9.70. The van der Waals surface area contributed by atoms with Crippen molar-refractivity contribution >= 4 is 48.9 Å². The second-order valence-electron chi connectivity index (χ2n) is 16.3. The Morgan fingerprint density at radius 3 is 1.64 bits per heavy atom. The van der Waals surface area contributed by atoms with E-state index >= 15 is 0 Å². The predicted octanol–water partition coefficient (Wildman–Crippen LogP) is 14.3. The van der Waals surface area contributed by atoms with Crippen molar-refractivity contribution in [3.63, 3.8) is 0 Å². The molecule has 3 nitrogen and oxygen atoms in total. The number of hydrogen-bond donors (Lipinski definition) is 0. The van der Waals surface area contributed by atoms with Gasteiger partial charge in [0.25, 0.3) is 0 Å². The summed E-state index contributed by atoms with van der Waals surface area (Å²) in [5.41, 5.74) is 14.6. The van der Waals surface area contributed by atoms with Gasteiger partial charge in [0.15, 0.2) is 0 Å². The van der Waals surface area contributed by atoms with Crippen LogP contribution in [0.25, 0.3) is 105 Å². The average Bonchev–Trinajstić information content (AvgIpc) is 3.80. The summed E-state index contributed by atoms with van der Waals surface area (Å²) in [5.74, 6) is 0.705. The molecule has 1 aliphatic rings. The van der Waals surface area contributed by atoms with E-state index in [2.05, 4.69) is 183 Å². The molecule has 0 aliphatic heterocycles. The van der Waals surface area contributed by atoms with E-state index in [-0.39, 0.29) is 5.41 Å². The monoisotopic (exact) mass is 739 g/mol. The largest absolute Gasteiger partial charge is 0.291 e. The van der Waals surface area contributed by atoms with Gasteiger partial charge in [0.2, 0.25) is 5.78 Å². The number of benzene rings is 9. The molecule has 0 radical (unpaired) electrons. The molecular weight excluding hydrogens is 703 g/mol. The van der Waals surface area contributed by atoms with Crippen molar-refractivity contribution in [1.29, 1.82) is 0 Å². The van der Waals surface area contributed by atoms with Crippen LogP contribution < -0.4 is 0 Å². The molecule has 0 saturated carbocycles. The van der Waals surface area contributed by atoms with Crippen LogP contribution >= 0.6 is 0 Å². The van der Waals surface area contributed by atoms with Crippen LogP contribution in [-0.4, -0.2) is 14.4 Å². The van der Waals surface area contributed by atoms with Crippen molar-refractivity contribution in [2.24, 2.45) is 0 Å². The van der Waals surface area contributed by atoms with E-state index in [0.717, 1.165) is 11.3 Å². The fourth-order valence-corrected chi connectivity index (χ4v) is 9.70. The molecule has 0 atom stereocenters. The Morgan fingerprint density at radius 1 is 0.431 bits per heavy atom. The average molecular weight is 740 g/mol. The molecule has 2 aromatic heterocycles. The molecule has 272 valence electrons. The van der Waals surface area contributed by atoms with Gasteiger partial charge in [-0.05, 0) is 135 Å². The van der Waals surface area contributed by atoms with Crippen LogP contribution in [0.3, 0.4) is 0 Å². The minimum absolute atomic E-state index is 0.215. The lowest BCUT2D eigenvalue weighted by atomic mass is 9.79. The summed E-state index contributed by atoms with van der Waals surface area (Å²) in [4.78, 5) is 9.15. The van der Waals surface area contributed by atoms with E-state index in [1.165, 1.54) is 98.7 Å². The van der Waals surface area contributed by atoms with Crippen LogP contribution in [0.1, 0.15) is 25.0 Å². The molecule has 0 unspecified atom stereocenters. The highest BCUT2D eigenvalue weighted by molar-refractivity contribution is 6.23. The molecule has 0 bridgehead atoms. The topological polar surface area (TPSA) is 30.2 Å². The Balaban J connectivity index is 1.07. The second-order valence-corrected chi connectivity index (χ2v) is 16.3. The lowest BCUT2D eigenvalue weighted by Crippen LogP contribution is -2.15. The first kappa shape index (κ1) is 32.8. The molecule has 2 heterocycles. The van der Waals surface area contributed by atoms with E-state index in [1.807, 2.05) is 22.9 Å². The quantitative estimate of drug-likeness (QED) is 0.168. The highest BCUT2D eigenvalue weighted by Crippen LogP contribution is 2.54. The lowest BCUT2D eigenvalue weighted by molar-refractivity contribution is 0.661. The van der Waals surface area contributed by atoms with Gasteiger partial charge in [-0.3, -0.25) is 4.40 Å². The van der Waals surface area contributed by atoms with Crippen LogP contribution in [0.5, 0.6) is 0 Å². The maximum atomic E-state index is 4.74. The van der Waals surface area contributed by atoms with E-state index in [4.69, 9.17) is 4.98 Å². The first-order valence-electron chi connectivity index (χ1n) is 20.0. The van der Waals surface area contributed by atoms with Crippen molar-refractivity contribution in [1.82, 2.24) is 14.4 Å². The Bertz CT molecular complexity index is 3450. The molecule has 1 aliphatic carbocycles. The molecule has 3 heteroatoms. The van der Waals surface area contributed by atoms with Gasteiger partial charge in [-0.1, -0.05) is 147 Å². The number of aromatic nitrogens is 3. The Hall–Kier alpha value is -7.36. The molecule has 0 fully saturated rings. The normalized spacial score (nSPS) is 13.1. The number of imidazole rings is 1. The van der Waals surface area contributed by atoms with Gasteiger partial charge in [-0.15, -0.1) is 0 Å². The molecule has 58 heavy (non-hydrogen) atoms. The van der Waals surface area contributed by atoms with Gasteiger partial charge in [-0.2, -0.15) is 0 Å². The Kier molecular flexibility index (Phi) is 6.98. The van der Waals surface area contributed by atoms with Crippen LogP contribution in [0.15, 0.2) is 188 Å². The number of nitrogens with zero attached hydrogens (tertiary/aromatic N) is 3. The third kappa shape index (κ3) is 4.93. The Labute approximate surface area is 336 Å². The smallest absolute Gasteiger partial charge is 0.234 e. The van der Waals surface area contributed by atoms with Crippen LogP contribution in [0.4, 0.5) is 0 Å². The first-order valence-corrected chi connectivity index (χ1v) is 20.0. The SMILES string of the molecule is CC1(C)c2cc(-c3ccc(-c4cn5cccnc5n4)cc3)ccc2-c2cc3c(-c4ccc5ccccc5c4)c4ccccc4c(-c4ccc5ccccc5c4)c3cc21. The first-order chi connectivity index (χ1) is 28.5. The van der Waals surface area contributed by atoms with E-state index in [9.17, 15) is 0 Å². The summed E-state index contributed by atoms with van der Waals surface area (Å²) < 4.78 is 1.96.